The predicted octanol–water partition coefficient (Wildman–Crippen LogP) is 1.44. The molecule has 2 atom stereocenters. The highest BCUT2D eigenvalue weighted by atomic mass is 16.7. The van der Waals surface area contributed by atoms with Crippen LogP contribution < -0.4 is 0 Å². The molecule has 4 heteroatoms. The fourth-order valence-corrected chi connectivity index (χ4v) is 1.26. The lowest BCUT2D eigenvalue weighted by atomic mass is 10.1. The van der Waals surface area contributed by atoms with Crippen molar-refractivity contribution in [3.05, 3.63) is 0 Å². The molecule has 0 spiro atoms. The molecule has 4 nitrogen and oxygen atoms in total. The summed E-state index contributed by atoms with van der Waals surface area (Å²) in [5, 5.41) is 0. The first-order valence-electron chi connectivity index (χ1n) is 4.79. The summed E-state index contributed by atoms with van der Waals surface area (Å²) in [5.74, 6) is 0. The highest BCUT2D eigenvalue weighted by molar-refractivity contribution is 4.64. The van der Waals surface area contributed by atoms with Gasteiger partial charge in [0.25, 0.3) is 0 Å². The fraction of sp³-hybridized carbons (Fsp3) is 1.00. The Kier molecular flexibility index (Phi) is 8.08. The molecule has 0 aromatic rings. The third kappa shape index (κ3) is 5.54. The number of hydrogen-bond donors (Lipinski definition) is 0. The van der Waals surface area contributed by atoms with E-state index in [2.05, 4.69) is 0 Å². The minimum atomic E-state index is -0.205. The maximum absolute atomic E-state index is 5.32. The maximum atomic E-state index is 5.32. The highest BCUT2D eigenvalue weighted by Crippen LogP contribution is 2.12. The minimum Gasteiger partial charge on any atom is -0.382 e. The Morgan fingerprint density at radius 3 is 1.71 bits per heavy atom. The molecule has 0 aliphatic rings. The Hall–Kier alpha value is -0.160. The fourth-order valence-electron chi connectivity index (χ4n) is 1.26. The van der Waals surface area contributed by atoms with E-state index in [4.69, 9.17) is 18.9 Å². The van der Waals surface area contributed by atoms with Crippen LogP contribution in [0.25, 0.3) is 0 Å². The molecule has 0 aromatic carbocycles. The Bertz CT molecular complexity index is 125. The van der Waals surface area contributed by atoms with Gasteiger partial charge in [-0.15, -0.1) is 0 Å². The summed E-state index contributed by atoms with van der Waals surface area (Å²) in [7, 11) is 6.64. The van der Waals surface area contributed by atoms with Crippen LogP contribution >= 0.6 is 0 Å². The summed E-state index contributed by atoms with van der Waals surface area (Å²) in [6.45, 7) is 2.01. The van der Waals surface area contributed by atoms with Crippen LogP contribution in [0.15, 0.2) is 0 Å². The van der Waals surface area contributed by atoms with Gasteiger partial charge >= 0.3 is 0 Å². The average molecular weight is 206 g/mol. The first-order valence-corrected chi connectivity index (χ1v) is 4.79. The van der Waals surface area contributed by atoms with Gasteiger partial charge in [0.2, 0.25) is 0 Å². The summed E-state index contributed by atoms with van der Waals surface area (Å²) in [4.78, 5) is 0. The molecule has 0 aromatic heterocycles. The van der Waals surface area contributed by atoms with Gasteiger partial charge in [-0.2, -0.15) is 0 Å². The van der Waals surface area contributed by atoms with E-state index in [0.717, 1.165) is 12.8 Å². The Balaban J connectivity index is 3.88. The standard InChI is InChI=1S/C10H22O4/c1-8(11-2)6-9(12-3)7-10(13-4)14-5/h8-10H,6-7H2,1-5H3. The van der Waals surface area contributed by atoms with E-state index >= 15 is 0 Å². The lowest BCUT2D eigenvalue weighted by molar-refractivity contribution is -0.130. The van der Waals surface area contributed by atoms with Crippen molar-refractivity contribution in [3.63, 3.8) is 0 Å². The minimum absolute atomic E-state index is 0.106. The molecule has 0 aliphatic carbocycles. The average Bonchev–Trinajstić information content (AvgIpc) is 2.23. The quantitative estimate of drug-likeness (QED) is 0.563. The van der Waals surface area contributed by atoms with Gasteiger partial charge in [-0.3, -0.25) is 0 Å². The molecule has 0 rings (SSSR count). The number of rotatable bonds is 8. The van der Waals surface area contributed by atoms with Crippen LogP contribution in [-0.4, -0.2) is 46.9 Å². The topological polar surface area (TPSA) is 36.9 Å². The maximum Gasteiger partial charge on any atom is 0.159 e. The van der Waals surface area contributed by atoms with Gasteiger partial charge in [0.05, 0.1) is 12.2 Å². The first kappa shape index (κ1) is 13.8. The van der Waals surface area contributed by atoms with E-state index < -0.39 is 0 Å². The highest BCUT2D eigenvalue weighted by Gasteiger charge is 2.17. The Morgan fingerprint density at radius 2 is 1.36 bits per heavy atom. The van der Waals surface area contributed by atoms with Crippen molar-refractivity contribution in [1.29, 1.82) is 0 Å². The molecule has 0 saturated heterocycles. The molecule has 0 N–H and O–H groups in total. The summed E-state index contributed by atoms with van der Waals surface area (Å²) in [5.41, 5.74) is 0. The monoisotopic (exact) mass is 206 g/mol. The van der Waals surface area contributed by atoms with E-state index in [1.807, 2.05) is 6.92 Å². The normalized spacial score (nSPS) is 15.9. The number of ether oxygens (including phenoxy) is 4. The third-order valence-corrected chi connectivity index (χ3v) is 2.31. The van der Waals surface area contributed by atoms with E-state index in [1.165, 1.54) is 0 Å². The van der Waals surface area contributed by atoms with E-state index in [1.54, 1.807) is 28.4 Å². The third-order valence-electron chi connectivity index (χ3n) is 2.31. The Labute approximate surface area is 86.5 Å². The molecular formula is C10H22O4. The van der Waals surface area contributed by atoms with E-state index in [-0.39, 0.29) is 18.5 Å². The van der Waals surface area contributed by atoms with Gasteiger partial charge in [-0.1, -0.05) is 0 Å². The van der Waals surface area contributed by atoms with Crippen molar-refractivity contribution in [2.24, 2.45) is 0 Å². The molecule has 0 heterocycles. The lowest BCUT2D eigenvalue weighted by Crippen LogP contribution is -2.26. The summed E-state index contributed by atoms with van der Waals surface area (Å²) in [6, 6.07) is 0. The molecule has 0 fully saturated rings. The number of methoxy groups -OCH3 is 4. The number of hydrogen-bond acceptors (Lipinski definition) is 4. The van der Waals surface area contributed by atoms with Gasteiger partial charge in [-0.25, -0.2) is 0 Å². The van der Waals surface area contributed by atoms with Gasteiger partial charge < -0.3 is 18.9 Å². The van der Waals surface area contributed by atoms with Gasteiger partial charge in [-0.05, 0) is 13.3 Å². The van der Waals surface area contributed by atoms with Crippen LogP contribution in [0.1, 0.15) is 19.8 Å². The van der Waals surface area contributed by atoms with Crippen molar-refractivity contribution in [2.45, 2.75) is 38.3 Å². The molecule has 0 saturated carbocycles. The van der Waals surface area contributed by atoms with Crippen LogP contribution in [0, 0.1) is 0 Å². The largest absolute Gasteiger partial charge is 0.382 e. The second-order valence-corrected chi connectivity index (χ2v) is 3.28. The van der Waals surface area contributed by atoms with Crippen molar-refractivity contribution >= 4 is 0 Å². The van der Waals surface area contributed by atoms with Crippen LogP contribution in [0.4, 0.5) is 0 Å². The van der Waals surface area contributed by atoms with Crippen molar-refractivity contribution in [2.75, 3.05) is 28.4 Å². The molecule has 0 radical (unpaired) electrons. The first-order chi connectivity index (χ1) is 6.67. The molecule has 0 amide bonds. The van der Waals surface area contributed by atoms with Crippen LogP contribution in [0.5, 0.6) is 0 Å². The molecule has 2 unspecified atom stereocenters. The van der Waals surface area contributed by atoms with Gasteiger partial charge in [0.1, 0.15) is 0 Å². The second kappa shape index (κ2) is 8.17. The predicted molar refractivity (Wildman–Crippen MR) is 54.3 cm³/mol. The molecule has 14 heavy (non-hydrogen) atoms. The van der Waals surface area contributed by atoms with Crippen molar-refractivity contribution in [1.82, 2.24) is 0 Å². The molecular weight excluding hydrogens is 184 g/mol. The van der Waals surface area contributed by atoms with Gasteiger partial charge in [0, 0.05) is 34.9 Å². The summed E-state index contributed by atoms with van der Waals surface area (Å²) in [6.07, 6.45) is 1.65. The van der Waals surface area contributed by atoms with E-state index in [0.29, 0.717) is 0 Å². The zero-order chi connectivity index (χ0) is 11.0. The summed E-state index contributed by atoms with van der Waals surface area (Å²) >= 11 is 0. The van der Waals surface area contributed by atoms with Crippen LogP contribution in [-0.2, 0) is 18.9 Å². The zero-order valence-electron chi connectivity index (χ0n) is 9.78. The summed E-state index contributed by atoms with van der Waals surface area (Å²) < 4.78 is 20.7. The second-order valence-electron chi connectivity index (χ2n) is 3.28. The SMILES string of the molecule is COC(C)CC(CC(OC)OC)OC. The molecule has 0 bridgehead atoms. The zero-order valence-corrected chi connectivity index (χ0v) is 9.78. The van der Waals surface area contributed by atoms with Gasteiger partial charge in [0.15, 0.2) is 6.29 Å². The van der Waals surface area contributed by atoms with Crippen molar-refractivity contribution in [3.8, 4) is 0 Å². The lowest BCUT2D eigenvalue weighted by Gasteiger charge is -2.22. The Morgan fingerprint density at radius 1 is 0.786 bits per heavy atom. The molecule has 0 aliphatic heterocycles. The van der Waals surface area contributed by atoms with Crippen LogP contribution in [0.2, 0.25) is 0 Å². The van der Waals surface area contributed by atoms with Crippen LogP contribution in [0.3, 0.4) is 0 Å². The van der Waals surface area contributed by atoms with Crippen molar-refractivity contribution < 1.29 is 18.9 Å². The molecule has 86 valence electrons. The smallest absolute Gasteiger partial charge is 0.159 e. The van der Waals surface area contributed by atoms with E-state index in [9.17, 15) is 0 Å².